The summed E-state index contributed by atoms with van der Waals surface area (Å²) in [5, 5.41) is 3.56. The molecular formula is C25H30N6O2. The van der Waals surface area contributed by atoms with Gasteiger partial charge in [0.15, 0.2) is 0 Å². The quantitative estimate of drug-likeness (QED) is 0.423. The number of H-pyrrole nitrogens is 1. The van der Waals surface area contributed by atoms with Crippen LogP contribution in [0.15, 0.2) is 48.5 Å². The molecular weight excluding hydrogens is 416 g/mol. The standard InChI is InChI=1S/C25H30N6O2/c1-2-10-21-20(9-1)27-25(28-21)30(16-19-8-6-14-33-19)17-31-23-12-4-3-11-22(23)29-24(31)26-15-18-7-5-13-32-18/h1-4,9-12,18-19H,5-8,13-17H2,(H,26,29)(H,27,28). The van der Waals surface area contributed by atoms with Crippen molar-refractivity contribution in [2.24, 2.45) is 0 Å². The molecule has 2 unspecified atom stereocenters. The summed E-state index contributed by atoms with van der Waals surface area (Å²) in [5.74, 6) is 1.72. The minimum Gasteiger partial charge on any atom is -0.376 e. The van der Waals surface area contributed by atoms with Crippen LogP contribution in [0.25, 0.3) is 22.1 Å². The van der Waals surface area contributed by atoms with E-state index in [0.717, 1.165) is 86.0 Å². The Balaban J connectivity index is 1.34. The number of para-hydroxylation sites is 4. The van der Waals surface area contributed by atoms with Gasteiger partial charge in [0.05, 0.1) is 34.3 Å². The smallest absolute Gasteiger partial charge is 0.205 e. The normalized spacial score (nSPS) is 20.7. The van der Waals surface area contributed by atoms with Gasteiger partial charge in [-0.05, 0) is 49.9 Å². The van der Waals surface area contributed by atoms with Gasteiger partial charge in [-0.2, -0.15) is 0 Å². The van der Waals surface area contributed by atoms with Crippen LogP contribution in [-0.4, -0.2) is 58.0 Å². The summed E-state index contributed by atoms with van der Waals surface area (Å²) in [6.07, 6.45) is 4.86. The second-order valence-corrected chi connectivity index (χ2v) is 8.94. The fourth-order valence-electron chi connectivity index (χ4n) is 4.87. The van der Waals surface area contributed by atoms with Gasteiger partial charge in [0.25, 0.3) is 0 Å². The van der Waals surface area contributed by atoms with Crippen molar-refractivity contribution in [2.45, 2.75) is 44.6 Å². The van der Waals surface area contributed by atoms with Crippen molar-refractivity contribution >= 4 is 34.0 Å². The SMILES string of the molecule is c1ccc2[nH]c(N(CC3CCCO3)Cn3c(NCC4CCCO4)nc4ccccc43)nc2c1. The monoisotopic (exact) mass is 446 g/mol. The number of nitrogens with zero attached hydrogens (tertiary/aromatic N) is 4. The molecule has 8 heteroatoms. The summed E-state index contributed by atoms with van der Waals surface area (Å²) in [5.41, 5.74) is 4.09. The Kier molecular flexibility index (Phi) is 5.61. The Bertz CT molecular complexity index is 1190. The van der Waals surface area contributed by atoms with Crippen molar-refractivity contribution < 1.29 is 9.47 Å². The Labute approximate surface area is 192 Å². The second kappa shape index (κ2) is 9.03. The number of fused-ring (bicyclic) bond motifs is 2. The third-order valence-corrected chi connectivity index (χ3v) is 6.60. The molecule has 0 aliphatic carbocycles. The molecule has 0 amide bonds. The number of nitrogens with one attached hydrogen (secondary N) is 2. The van der Waals surface area contributed by atoms with Crippen molar-refractivity contribution in [1.82, 2.24) is 19.5 Å². The zero-order valence-corrected chi connectivity index (χ0v) is 18.7. The molecule has 172 valence electrons. The molecule has 8 nitrogen and oxygen atoms in total. The lowest BCUT2D eigenvalue weighted by atomic mass is 10.2. The summed E-state index contributed by atoms with van der Waals surface area (Å²) in [6, 6.07) is 16.5. The first kappa shape index (κ1) is 20.5. The predicted molar refractivity (Wildman–Crippen MR) is 130 cm³/mol. The van der Waals surface area contributed by atoms with Gasteiger partial charge in [-0.15, -0.1) is 0 Å². The first-order valence-electron chi connectivity index (χ1n) is 12.0. The largest absolute Gasteiger partial charge is 0.376 e. The van der Waals surface area contributed by atoms with Crippen molar-refractivity contribution in [3.8, 4) is 0 Å². The number of ether oxygens (including phenoxy) is 2. The molecule has 6 rings (SSSR count). The van der Waals surface area contributed by atoms with Crippen LogP contribution in [0.3, 0.4) is 0 Å². The lowest BCUT2D eigenvalue weighted by molar-refractivity contribution is 0.114. The van der Waals surface area contributed by atoms with Crippen LogP contribution in [0.4, 0.5) is 11.9 Å². The van der Waals surface area contributed by atoms with Gasteiger partial charge in [-0.3, -0.25) is 4.57 Å². The average molecular weight is 447 g/mol. The van der Waals surface area contributed by atoms with Gasteiger partial charge in [-0.1, -0.05) is 24.3 Å². The zero-order chi connectivity index (χ0) is 22.0. The molecule has 0 radical (unpaired) electrons. The zero-order valence-electron chi connectivity index (χ0n) is 18.7. The Hall–Kier alpha value is -3.10. The van der Waals surface area contributed by atoms with E-state index in [0.29, 0.717) is 6.67 Å². The van der Waals surface area contributed by atoms with Crippen LogP contribution < -0.4 is 10.2 Å². The Morgan fingerprint density at radius 1 is 0.939 bits per heavy atom. The van der Waals surface area contributed by atoms with Crippen LogP contribution >= 0.6 is 0 Å². The Morgan fingerprint density at radius 3 is 2.48 bits per heavy atom. The number of aromatic amines is 1. The maximum absolute atomic E-state index is 5.99. The fraction of sp³-hybridized carbons (Fsp3) is 0.440. The van der Waals surface area contributed by atoms with Gasteiger partial charge in [0.2, 0.25) is 11.9 Å². The molecule has 4 heterocycles. The topological polar surface area (TPSA) is 80.2 Å². The van der Waals surface area contributed by atoms with Crippen molar-refractivity contribution in [1.29, 1.82) is 0 Å². The lowest BCUT2D eigenvalue weighted by Crippen LogP contribution is -2.35. The van der Waals surface area contributed by atoms with Gasteiger partial charge < -0.3 is 24.7 Å². The predicted octanol–water partition coefficient (Wildman–Crippen LogP) is 4.15. The van der Waals surface area contributed by atoms with Gasteiger partial charge in [-0.25, -0.2) is 9.97 Å². The molecule has 0 bridgehead atoms. The summed E-state index contributed by atoms with van der Waals surface area (Å²) in [4.78, 5) is 15.6. The van der Waals surface area contributed by atoms with Crippen LogP contribution in [0.5, 0.6) is 0 Å². The maximum atomic E-state index is 5.99. The molecule has 2 aromatic carbocycles. The van der Waals surface area contributed by atoms with E-state index in [2.05, 4.69) is 44.0 Å². The molecule has 2 N–H and O–H groups in total. The molecule has 33 heavy (non-hydrogen) atoms. The highest BCUT2D eigenvalue weighted by molar-refractivity contribution is 5.79. The van der Waals surface area contributed by atoms with Crippen LogP contribution in [0.1, 0.15) is 25.7 Å². The molecule has 2 aromatic heterocycles. The van der Waals surface area contributed by atoms with E-state index in [1.165, 1.54) is 0 Å². The molecule has 2 atom stereocenters. The van der Waals surface area contributed by atoms with E-state index in [1.807, 2.05) is 24.3 Å². The van der Waals surface area contributed by atoms with Gasteiger partial charge in [0, 0.05) is 26.3 Å². The summed E-state index contributed by atoms with van der Waals surface area (Å²) in [7, 11) is 0. The summed E-state index contributed by atoms with van der Waals surface area (Å²) >= 11 is 0. The van der Waals surface area contributed by atoms with E-state index in [-0.39, 0.29) is 12.2 Å². The van der Waals surface area contributed by atoms with Crippen molar-refractivity contribution in [3.05, 3.63) is 48.5 Å². The van der Waals surface area contributed by atoms with E-state index in [1.54, 1.807) is 0 Å². The van der Waals surface area contributed by atoms with Gasteiger partial charge in [0.1, 0.15) is 6.67 Å². The Morgan fingerprint density at radius 2 is 1.70 bits per heavy atom. The van der Waals surface area contributed by atoms with E-state index >= 15 is 0 Å². The summed E-state index contributed by atoms with van der Waals surface area (Å²) in [6.45, 7) is 3.84. The number of hydrogen-bond acceptors (Lipinski definition) is 6. The van der Waals surface area contributed by atoms with E-state index < -0.39 is 0 Å². The number of anilines is 2. The van der Waals surface area contributed by atoms with E-state index in [9.17, 15) is 0 Å². The highest BCUT2D eigenvalue weighted by Crippen LogP contribution is 2.25. The number of imidazole rings is 2. The number of aromatic nitrogens is 4. The molecule has 2 fully saturated rings. The molecule has 4 aromatic rings. The third-order valence-electron chi connectivity index (χ3n) is 6.60. The van der Waals surface area contributed by atoms with Crippen LogP contribution in [0.2, 0.25) is 0 Å². The summed E-state index contributed by atoms with van der Waals surface area (Å²) < 4.78 is 14.1. The second-order valence-electron chi connectivity index (χ2n) is 8.94. The maximum Gasteiger partial charge on any atom is 0.205 e. The van der Waals surface area contributed by atoms with Crippen molar-refractivity contribution in [2.75, 3.05) is 36.5 Å². The fourth-order valence-corrected chi connectivity index (χ4v) is 4.87. The number of rotatable bonds is 8. The first-order chi connectivity index (χ1) is 16.3. The van der Waals surface area contributed by atoms with Crippen LogP contribution in [0, 0.1) is 0 Å². The first-order valence-corrected chi connectivity index (χ1v) is 12.0. The molecule has 2 aliphatic heterocycles. The highest BCUT2D eigenvalue weighted by atomic mass is 16.5. The lowest BCUT2D eigenvalue weighted by Gasteiger charge is -2.26. The number of benzene rings is 2. The minimum atomic E-state index is 0.205. The minimum absolute atomic E-state index is 0.205. The highest BCUT2D eigenvalue weighted by Gasteiger charge is 2.24. The van der Waals surface area contributed by atoms with E-state index in [4.69, 9.17) is 19.4 Å². The van der Waals surface area contributed by atoms with Crippen LogP contribution in [-0.2, 0) is 16.1 Å². The molecule has 0 spiro atoms. The third kappa shape index (κ3) is 4.28. The molecule has 0 saturated carbocycles. The van der Waals surface area contributed by atoms with Gasteiger partial charge >= 0.3 is 0 Å². The molecule has 2 aliphatic rings. The number of hydrogen-bond donors (Lipinski definition) is 2. The van der Waals surface area contributed by atoms with Crippen molar-refractivity contribution in [3.63, 3.8) is 0 Å². The average Bonchev–Trinajstić information content (AvgIpc) is 3.64. The molecule has 2 saturated heterocycles.